The summed E-state index contributed by atoms with van der Waals surface area (Å²) in [5.74, 6) is -0.496. The molecule has 2 N–H and O–H groups in total. The van der Waals surface area contributed by atoms with E-state index in [1.165, 1.54) is 36.4 Å². The van der Waals surface area contributed by atoms with Crippen LogP contribution in [0.1, 0.15) is 11.1 Å². The van der Waals surface area contributed by atoms with Gasteiger partial charge in [-0.3, -0.25) is 0 Å². The minimum Gasteiger partial charge on any atom is -0.389 e. The lowest BCUT2D eigenvalue weighted by Gasteiger charge is -2.02. The molecular weight excluding hydrogens is 250 g/mol. The monoisotopic (exact) mass is 262 g/mol. The van der Waals surface area contributed by atoms with Gasteiger partial charge in [0.25, 0.3) is 0 Å². The largest absolute Gasteiger partial charge is 0.389 e. The number of hydrogen-bond donors (Lipinski definition) is 1. The van der Waals surface area contributed by atoms with E-state index >= 15 is 0 Å². The minimum atomic E-state index is -0.344. The standard InChI is InChI=1S/C14H12F2N2O/c15-12-5-1-10(2-6-12)9-19-18-14(17)11-3-7-13(16)8-4-11/h1-8H,9H2,(H2,17,18). The summed E-state index contributed by atoms with van der Waals surface area (Å²) >= 11 is 0. The summed E-state index contributed by atoms with van der Waals surface area (Å²) in [5.41, 5.74) is 7.02. The zero-order chi connectivity index (χ0) is 13.7. The molecule has 0 aliphatic carbocycles. The lowest BCUT2D eigenvalue weighted by molar-refractivity contribution is 0.130. The van der Waals surface area contributed by atoms with Crippen molar-refractivity contribution in [1.82, 2.24) is 0 Å². The van der Waals surface area contributed by atoms with E-state index in [0.717, 1.165) is 5.56 Å². The summed E-state index contributed by atoms with van der Waals surface area (Å²) in [4.78, 5) is 5.05. The predicted octanol–water partition coefficient (Wildman–Crippen LogP) is 2.80. The molecule has 0 aliphatic rings. The van der Waals surface area contributed by atoms with Crippen molar-refractivity contribution in [3.05, 3.63) is 71.3 Å². The van der Waals surface area contributed by atoms with Gasteiger partial charge in [-0.15, -0.1) is 0 Å². The van der Waals surface area contributed by atoms with Gasteiger partial charge in [0.15, 0.2) is 5.84 Å². The Morgan fingerprint density at radius 1 is 0.947 bits per heavy atom. The van der Waals surface area contributed by atoms with E-state index < -0.39 is 0 Å². The Labute approximate surface area is 109 Å². The lowest BCUT2D eigenvalue weighted by Crippen LogP contribution is -2.13. The normalized spacial score (nSPS) is 11.4. The highest BCUT2D eigenvalue weighted by Gasteiger charge is 2.00. The van der Waals surface area contributed by atoms with Gasteiger partial charge in [0.1, 0.15) is 18.2 Å². The van der Waals surface area contributed by atoms with E-state index in [1.54, 1.807) is 12.1 Å². The van der Waals surface area contributed by atoms with Gasteiger partial charge in [-0.1, -0.05) is 17.3 Å². The third-order valence-corrected chi connectivity index (χ3v) is 2.45. The molecule has 0 saturated heterocycles. The van der Waals surface area contributed by atoms with Crippen LogP contribution in [0.4, 0.5) is 8.78 Å². The van der Waals surface area contributed by atoms with E-state index in [-0.39, 0.29) is 24.1 Å². The summed E-state index contributed by atoms with van der Waals surface area (Å²) < 4.78 is 25.4. The molecule has 2 aromatic rings. The maximum Gasteiger partial charge on any atom is 0.170 e. The van der Waals surface area contributed by atoms with Gasteiger partial charge < -0.3 is 10.6 Å². The second-order valence-electron chi connectivity index (χ2n) is 3.88. The van der Waals surface area contributed by atoms with Gasteiger partial charge in [-0.05, 0) is 42.0 Å². The molecule has 0 heterocycles. The molecule has 0 aromatic heterocycles. The molecule has 0 amide bonds. The first-order valence-electron chi connectivity index (χ1n) is 5.61. The highest BCUT2D eigenvalue weighted by Crippen LogP contribution is 2.06. The lowest BCUT2D eigenvalue weighted by atomic mass is 10.2. The molecule has 0 fully saturated rings. The quantitative estimate of drug-likeness (QED) is 0.523. The summed E-state index contributed by atoms with van der Waals surface area (Å²) in [6.45, 7) is 0.183. The fourth-order valence-electron chi connectivity index (χ4n) is 1.43. The van der Waals surface area contributed by atoms with Crippen LogP contribution in [0, 0.1) is 11.6 Å². The SMILES string of the molecule is N/C(=N/OCc1ccc(F)cc1)c1ccc(F)cc1. The van der Waals surface area contributed by atoms with E-state index in [4.69, 9.17) is 10.6 Å². The third-order valence-electron chi connectivity index (χ3n) is 2.45. The summed E-state index contributed by atoms with van der Waals surface area (Å²) in [5, 5.41) is 3.72. The van der Waals surface area contributed by atoms with Crippen LogP contribution in [0.3, 0.4) is 0 Å². The molecule has 3 nitrogen and oxygen atoms in total. The van der Waals surface area contributed by atoms with Crippen molar-refractivity contribution >= 4 is 5.84 Å². The minimum absolute atomic E-state index is 0.155. The van der Waals surface area contributed by atoms with E-state index in [2.05, 4.69) is 5.16 Å². The second-order valence-corrected chi connectivity index (χ2v) is 3.88. The highest BCUT2D eigenvalue weighted by atomic mass is 19.1. The molecule has 0 unspecified atom stereocenters. The van der Waals surface area contributed by atoms with Crippen molar-refractivity contribution in [3.8, 4) is 0 Å². The van der Waals surface area contributed by atoms with Crippen molar-refractivity contribution in [3.63, 3.8) is 0 Å². The number of rotatable bonds is 4. The average molecular weight is 262 g/mol. The first-order chi connectivity index (χ1) is 9.15. The molecule has 0 radical (unpaired) electrons. The molecule has 2 rings (SSSR count). The molecule has 5 heteroatoms. The van der Waals surface area contributed by atoms with Gasteiger partial charge in [0.05, 0.1) is 0 Å². The summed E-state index contributed by atoms with van der Waals surface area (Å²) in [6, 6.07) is 11.5. The zero-order valence-electron chi connectivity index (χ0n) is 10.0. The molecule has 0 bridgehead atoms. The first-order valence-corrected chi connectivity index (χ1v) is 5.61. The first kappa shape index (κ1) is 13.0. The fourth-order valence-corrected chi connectivity index (χ4v) is 1.43. The Balaban J connectivity index is 1.95. The number of hydrogen-bond acceptors (Lipinski definition) is 2. The number of benzene rings is 2. The van der Waals surface area contributed by atoms with Gasteiger partial charge in [0, 0.05) is 5.56 Å². The van der Waals surface area contributed by atoms with Crippen molar-refractivity contribution in [2.45, 2.75) is 6.61 Å². The molecule has 0 aliphatic heterocycles. The van der Waals surface area contributed by atoms with E-state index in [0.29, 0.717) is 5.56 Å². The van der Waals surface area contributed by atoms with Crippen LogP contribution in [0.25, 0.3) is 0 Å². The third kappa shape index (κ3) is 3.77. The molecule has 19 heavy (non-hydrogen) atoms. The maximum atomic E-state index is 12.7. The Morgan fingerprint density at radius 3 is 2.05 bits per heavy atom. The second kappa shape index (κ2) is 5.95. The van der Waals surface area contributed by atoms with Crippen LogP contribution >= 0.6 is 0 Å². The Morgan fingerprint density at radius 2 is 1.47 bits per heavy atom. The van der Waals surface area contributed by atoms with Crippen molar-refractivity contribution < 1.29 is 13.6 Å². The number of nitrogens with two attached hydrogens (primary N) is 1. The van der Waals surface area contributed by atoms with Gasteiger partial charge in [0.2, 0.25) is 0 Å². The van der Waals surface area contributed by atoms with Crippen LogP contribution in [0.2, 0.25) is 0 Å². The van der Waals surface area contributed by atoms with Crippen LogP contribution < -0.4 is 5.73 Å². The Kier molecular flexibility index (Phi) is 4.07. The molecule has 2 aromatic carbocycles. The van der Waals surface area contributed by atoms with Crippen LogP contribution in [0.15, 0.2) is 53.7 Å². The fraction of sp³-hybridized carbons (Fsp3) is 0.0714. The van der Waals surface area contributed by atoms with Crippen LogP contribution in [0.5, 0.6) is 0 Å². The predicted molar refractivity (Wildman–Crippen MR) is 68.3 cm³/mol. The average Bonchev–Trinajstić information content (AvgIpc) is 2.41. The van der Waals surface area contributed by atoms with Gasteiger partial charge in [-0.25, -0.2) is 8.78 Å². The Bertz CT molecular complexity index is 565. The smallest absolute Gasteiger partial charge is 0.170 e. The highest BCUT2D eigenvalue weighted by molar-refractivity contribution is 5.96. The van der Waals surface area contributed by atoms with Crippen molar-refractivity contribution in [2.75, 3.05) is 0 Å². The number of nitrogens with zero attached hydrogens (tertiary/aromatic N) is 1. The number of oxime groups is 1. The van der Waals surface area contributed by atoms with Crippen LogP contribution in [-0.4, -0.2) is 5.84 Å². The molecule has 0 atom stereocenters. The maximum absolute atomic E-state index is 12.7. The number of halogens is 2. The molecule has 98 valence electrons. The molecule has 0 saturated carbocycles. The van der Waals surface area contributed by atoms with Crippen molar-refractivity contribution in [1.29, 1.82) is 0 Å². The Hall–Kier alpha value is -2.43. The van der Waals surface area contributed by atoms with Crippen LogP contribution in [-0.2, 0) is 11.4 Å². The van der Waals surface area contributed by atoms with Gasteiger partial charge in [-0.2, -0.15) is 0 Å². The van der Waals surface area contributed by atoms with E-state index in [1.807, 2.05) is 0 Å². The number of amidine groups is 1. The molecule has 0 spiro atoms. The van der Waals surface area contributed by atoms with Crippen molar-refractivity contribution in [2.24, 2.45) is 10.9 Å². The summed E-state index contributed by atoms with van der Waals surface area (Å²) in [6.07, 6.45) is 0. The summed E-state index contributed by atoms with van der Waals surface area (Å²) in [7, 11) is 0. The van der Waals surface area contributed by atoms with Gasteiger partial charge >= 0.3 is 0 Å². The molecular formula is C14H12F2N2O. The zero-order valence-corrected chi connectivity index (χ0v) is 10.0. The topological polar surface area (TPSA) is 47.6 Å². The van der Waals surface area contributed by atoms with E-state index in [9.17, 15) is 8.78 Å².